The maximum atomic E-state index is 12.0. The van der Waals surface area contributed by atoms with E-state index in [2.05, 4.69) is 10.3 Å². The highest BCUT2D eigenvalue weighted by Gasteiger charge is 2.17. The number of nitrogens with one attached hydrogen (secondary N) is 1. The number of rotatable bonds is 6. The molecule has 0 saturated carbocycles. The van der Waals surface area contributed by atoms with E-state index >= 15 is 0 Å². The van der Waals surface area contributed by atoms with Gasteiger partial charge in [0.2, 0.25) is 5.91 Å². The number of nitrogens with two attached hydrogens (primary N) is 1. The van der Waals surface area contributed by atoms with Gasteiger partial charge in [-0.1, -0.05) is 26.0 Å². The predicted octanol–water partition coefficient (Wildman–Crippen LogP) is 2.58. The SMILES string of the molecule is CC(C)[C@H](N)C(=O)Nc1cccc(OCc2cccnc2)c1. The van der Waals surface area contributed by atoms with Gasteiger partial charge in [0.05, 0.1) is 6.04 Å². The van der Waals surface area contributed by atoms with E-state index in [9.17, 15) is 4.79 Å². The van der Waals surface area contributed by atoms with E-state index in [4.69, 9.17) is 10.5 Å². The van der Waals surface area contributed by atoms with Crippen molar-refractivity contribution in [3.05, 3.63) is 54.4 Å². The molecule has 1 atom stereocenters. The van der Waals surface area contributed by atoms with Crippen LogP contribution in [-0.4, -0.2) is 16.9 Å². The van der Waals surface area contributed by atoms with Crippen LogP contribution in [0.4, 0.5) is 5.69 Å². The molecule has 3 N–H and O–H groups in total. The predicted molar refractivity (Wildman–Crippen MR) is 86.5 cm³/mol. The summed E-state index contributed by atoms with van der Waals surface area (Å²) >= 11 is 0. The molecule has 5 nitrogen and oxygen atoms in total. The zero-order valence-corrected chi connectivity index (χ0v) is 12.8. The van der Waals surface area contributed by atoms with Gasteiger partial charge in [0, 0.05) is 29.7 Å². The molecule has 1 heterocycles. The molecule has 0 bridgehead atoms. The van der Waals surface area contributed by atoms with E-state index in [0.29, 0.717) is 18.0 Å². The Balaban J connectivity index is 1.96. The summed E-state index contributed by atoms with van der Waals surface area (Å²) in [4.78, 5) is 16.0. The first kappa shape index (κ1) is 16.0. The molecule has 22 heavy (non-hydrogen) atoms. The molecule has 5 heteroatoms. The Morgan fingerprint density at radius 3 is 2.82 bits per heavy atom. The average Bonchev–Trinajstić information content (AvgIpc) is 2.53. The monoisotopic (exact) mass is 299 g/mol. The molecule has 116 valence electrons. The molecule has 1 amide bonds. The highest BCUT2D eigenvalue weighted by molar-refractivity contribution is 5.94. The molecule has 2 rings (SSSR count). The van der Waals surface area contributed by atoms with Gasteiger partial charge >= 0.3 is 0 Å². The summed E-state index contributed by atoms with van der Waals surface area (Å²) in [6.45, 7) is 4.26. The minimum atomic E-state index is -0.528. The lowest BCUT2D eigenvalue weighted by atomic mass is 10.0. The van der Waals surface area contributed by atoms with Crippen LogP contribution in [-0.2, 0) is 11.4 Å². The zero-order chi connectivity index (χ0) is 15.9. The van der Waals surface area contributed by atoms with Crippen LogP contribution >= 0.6 is 0 Å². The second kappa shape index (κ2) is 7.56. The third-order valence-electron chi connectivity index (χ3n) is 3.25. The quantitative estimate of drug-likeness (QED) is 0.859. The molecule has 1 aromatic carbocycles. The minimum Gasteiger partial charge on any atom is -0.489 e. The smallest absolute Gasteiger partial charge is 0.241 e. The van der Waals surface area contributed by atoms with Crippen molar-refractivity contribution in [2.24, 2.45) is 11.7 Å². The summed E-state index contributed by atoms with van der Waals surface area (Å²) in [5.74, 6) is 0.573. The van der Waals surface area contributed by atoms with Crippen LogP contribution in [0.2, 0.25) is 0 Å². The average molecular weight is 299 g/mol. The molecule has 0 aliphatic carbocycles. The van der Waals surface area contributed by atoms with Crippen molar-refractivity contribution in [1.29, 1.82) is 0 Å². The van der Waals surface area contributed by atoms with Crippen molar-refractivity contribution >= 4 is 11.6 Å². The molecule has 0 aliphatic heterocycles. The first-order valence-corrected chi connectivity index (χ1v) is 7.24. The van der Waals surface area contributed by atoms with Crippen LogP contribution in [0.3, 0.4) is 0 Å². The molecule has 0 radical (unpaired) electrons. The van der Waals surface area contributed by atoms with Gasteiger partial charge in [-0.2, -0.15) is 0 Å². The number of nitrogens with zero attached hydrogens (tertiary/aromatic N) is 1. The van der Waals surface area contributed by atoms with Gasteiger partial charge in [0.1, 0.15) is 12.4 Å². The summed E-state index contributed by atoms with van der Waals surface area (Å²) in [5.41, 5.74) is 7.49. The fourth-order valence-electron chi connectivity index (χ4n) is 1.84. The highest BCUT2D eigenvalue weighted by Crippen LogP contribution is 2.19. The Labute approximate surface area is 130 Å². The summed E-state index contributed by atoms with van der Waals surface area (Å²) < 4.78 is 5.70. The van der Waals surface area contributed by atoms with Crippen molar-refractivity contribution in [2.75, 3.05) is 5.32 Å². The maximum Gasteiger partial charge on any atom is 0.241 e. The lowest BCUT2D eigenvalue weighted by Gasteiger charge is -2.15. The zero-order valence-electron chi connectivity index (χ0n) is 12.8. The van der Waals surface area contributed by atoms with Gasteiger partial charge in [0.15, 0.2) is 0 Å². The number of anilines is 1. The van der Waals surface area contributed by atoms with Crippen molar-refractivity contribution in [3.8, 4) is 5.75 Å². The fourth-order valence-corrected chi connectivity index (χ4v) is 1.84. The van der Waals surface area contributed by atoms with Crippen molar-refractivity contribution in [1.82, 2.24) is 4.98 Å². The van der Waals surface area contributed by atoms with Gasteiger partial charge < -0.3 is 15.8 Å². The molecule has 0 unspecified atom stereocenters. The number of amides is 1. The Hall–Kier alpha value is -2.40. The van der Waals surface area contributed by atoms with Crippen molar-refractivity contribution in [3.63, 3.8) is 0 Å². The number of hydrogen-bond acceptors (Lipinski definition) is 4. The summed E-state index contributed by atoms with van der Waals surface area (Å²) in [6.07, 6.45) is 3.48. The third-order valence-corrected chi connectivity index (χ3v) is 3.25. The number of hydrogen-bond donors (Lipinski definition) is 2. The largest absolute Gasteiger partial charge is 0.489 e. The number of benzene rings is 1. The normalized spacial score (nSPS) is 12.0. The Bertz CT molecular complexity index is 614. The topological polar surface area (TPSA) is 77.2 Å². The fraction of sp³-hybridized carbons (Fsp3) is 0.294. The molecule has 2 aromatic rings. The van der Waals surface area contributed by atoms with Crippen LogP contribution < -0.4 is 15.8 Å². The molecular formula is C17H21N3O2. The number of ether oxygens (including phenoxy) is 1. The van der Waals surface area contributed by atoms with Gasteiger partial charge in [-0.05, 0) is 24.1 Å². The lowest BCUT2D eigenvalue weighted by Crippen LogP contribution is -2.39. The molecule has 0 aliphatic rings. The van der Waals surface area contributed by atoms with Gasteiger partial charge in [-0.3, -0.25) is 9.78 Å². The van der Waals surface area contributed by atoms with E-state index in [1.807, 2.05) is 44.2 Å². The summed E-state index contributed by atoms with van der Waals surface area (Å²) in [6, 6.07) is 10.5. The van der Waals surface area contributed by atoms with Crippen LogP contribution in [0.15, 0.2) is 48.8 Å². The number of aromatic nitrogens is 1. The van der Waals surface area contributed by atoms with E-state index in [-0.39, 0.29) is 11.8 Å². The molecular weight excluding hydrogens is 278 g/mol. The van der Waals surface area contributed by atoms with Crippen molar-refractivity contribution < 1.29 is 9.53 Å². The Morgan fingerprint density at radius 1 is 1.32 bits per heavy atom. The van der Waals surface area contributed by atoms with E-state index in [0.717, 1.165) is 5.56 Å². The molecule has 0 saturated heterocycles. The van der Waals surface area contributed by atoms with E-state index < -0.39 is 6.04 Å². The summed E-state index contributed by atoms with van der Waals surface area (Å²) in [5, 5.41) is 2.81. The van der Waals surface area contributed by atoms with Gasteiger partial charge in [-0.15, -0.1) is 0 Å². The van der Waals surface area contributed by atoms with Gasteiger partial charge in [0.25, 0.3) is 0 Å². The standard InChI is InChI=1S/C17H21N3O2/c1-12(2)16(18)17(21)20-14-6-3-7-15(9-14)22-11-13-5-4-8-19-10-13/h3-10,12,16H,11,18H2,1-2H3,(H,20,21)/t16-/m0/s1. The highest BCUT2D eigenvalue weighted by atomic mass is 16.5. The van der Waals surface area contributed by atoms with Crippen LogP contribution in [0.1, 0.15) is 19.4 Å². The number of carbonyl (C=O) groups excluding carboxylic acids is 1. The maximum absolute atomic E-state index is 12.0. The Kier molecular flexibility index (Phi) is 5.49. The third kappa shape index (κ3) is 4.56. The number of pyridine rings is 1. The second-order valence-corrected chi connectivity index (χ2v) is 5.44. The van der Waals surface area contributed by atoms with E-state index in [1.165, 1.54) is 0 Å². The van der Waals surface area contributed by atoms with E-state index in [1.54, 1.807) is 18.5 Å². The lowest BCUT2D eigenvalue weighted by molar-refractivity contribution is -0.118. The number of carbonyl (C=O) groups is 1. The van der Waals surface area contributed by atoms with Crippen LogP contribution in [0.5, 0.6) is 5.75 Å². The van der Waals surface area contributed by atoms with Crippen LogP contribution in [0.25, 0.3) is 0 Å². The Morgan fingerprint density at radius 2 is 2.14 bits per heavy atom. The minimum absolute atomic E-state index is 0.0880. The molecule has 0 fully saturated rings. The first-order chi connectivity index (χ1) is 10.6. The molecule has 1 aromatic heterocycles. The van der Waals surface area contributed by atoms with Gasteiger partial charge in [-0.25, -0.2) is 0 Å². The van der Waals surface area contributed by atoms with Crippen LogP contribution in [0, 0.1) is 5.92 Å². The second-order valence-electron chi connectivity index (χ2n) is 5.44. The van der Waals surface area contributed by atoms with Crippen molar-refractivity contribution in [2.45, 2.75) is 26.5 Å². The first-order valence-electron chi connectivity index (χ1n) is 7.24. The molecule has 0 spiro atoms. The summed E-state index contributed by atoms with van der Waals surface area (Å²) in [7, 11) is 0.